The predicted molar refractivity (Wildman–Crippen MR) is 70.1 cm³/mol. The fourth-order valence-corrected chi connectivity index (χ4v) is 1.76. The van der Waals surface area contributed by atoms with E-state index < -0.39 is 17.9 Å². The van der Waals surface area contributed by atoms with E-state index >= 15 is 0 Å². The molecule has 19 heavy (non-hydrogen) atoms. The van der Waals surface area contributed by atoms with Crippen LogP contribution in [0.3, 0.4) is 0 Å². The molecule has 0 aliphatic rings. The van der Waals surface area contributed by atoms with Crippen molar-refractivity contribution in [3.8, 4) is 0 Å². The molecule has 0 radical (unpaired) electrons. The zero-order valence-corrected chi connectivity index (χ0v) is 11.3. The molecule has 0 aliphatic carbocycles. The van der Waals surface area contributed by atoms with Gasteiger partial charge < -0.3 is 4.74 Å². The molecule has 0 aliphatic heterocycles. The summed E-state index contributed by atoms with van der Waals surface area (Å²) in [5, 5.41) is 0. The van der Waals surface area contributed by atoms with Crippen LogP contribution in [-0.4, -0.2) is 11.8 Å². The molecule has 0 spiro atoms. The Balaban J connectivity index is 2.91. The second kappa shape index (κ2) is 7.67. The highest BCUT2D eigenvalue weighted by molar-refractivity contribution is 5.86. The van der Waals surface area contributed by atoms with Crippen LogP contribution in [0.1, 0.15) is 51.2 Å². The van der Waals surface area contributed by atoms with Crippen molar-refractivity contribution in [2.75, 3.05) is 0 Å². The Morgan fingerprint density at radius 3 is 2.47 bits per heavy atom. The van der Waals surface area contributed by atoms with Crippen LogP contribution >= 0.6 is 0 Å². The molecule has 1 atom stereocenters. The fourth-order valence-electron chi connectivity index (χ4n) is 1.76. The summed E-state index contributed by atoms with van der Waals surface area (Å²) in [6, 6.07) is 5.63. The Hall–Kier alpha value is -1.71. The second-order valence-corrected chi connectivity index (χ2v) is 4.39. The third-order valence-corrected chi connectivity index (χ3v) is 2.64. The van der Waals surface area contributed by atoms with Crippen molar-refractivity contribution in [3.05, 3.63) is 35.6 Å². The molecule has 0 saturated carbocycles. The molecule has 0 fully saturated rings. The standard InChI is InChI=1S/C15H19FO3/c1-3-6-13(17)15(19-14(18)7-4-2)11-8-5-9-12(16)10-11/h5,8-10,15H,3-4,6-7H2,1-2H3. The number of Topliss-reactive ketones (excluding diaryl/α,β-unsaturated/α-hetero) is 1. The van der Waals surface area contributed by atoms with E-state index in [1.165, 1.54) is 18.2 Å². The van der Waals surface area contributed by atoms with Crippen LogP contribution in [0.25, 0.3) is 0 Å². The first-order valence-electron chi connectivity index (χ1n) is 6.56. The average molecular weight is 266 g/mol. The maximum Gasteiger partial charge on any atom is 0.306 e. The largest absolute Gasteiger partial charge is 0.449 e. The van der Waals surface area contributed by atoms with Crippen molar-refractivity contribution in [2.24, 2.45) is 0 Å². The maximum absolute atomic E-state index is 13.2. The average Bonchev–Trinajstić information content (AvgIpc) is 2.36. The Bertz CT molecular complexity index is 443. The maximum atomic E-state index is 13.2. The SMILES string of the molecule is CCCC(=O)OC(C(=O)CCC)c1cccc(F)c1. The summed E-state index contributed by atoms with van der Waals surface area (Å²) in [5.41, 5.74) is 0.392. The molecule has 1 unspecified atom stereocenters. The molecule has 104 valence electrons. The van der Waals surface area contributed by atoms with Gasteiger partial charge >= 0.3 is 5.97 Å². The summed E-state index contributed by atoms with van der Waals surface area (Å²) >= 11 is 0. The van der Waals surface area contributed by atoms with Crippen LogP contribution in [-0.2, 0) is 14.3 Å². The van der Waals surface area contributed by atoms with Gasteiger partial charge in [-0.3, -0.25) is 9.59 Å². The second-order valence-electron chi connectivity index (χ2n) is 4.39. The van der Waals surface area contributed by atoms with E-state index in [9.17, 15) is 14.0 Å². The highest BCUT2D eigenvalue weighted by Gasteiger charge is 2.24. The molecule has 0 bridgehead atoms. The topological polar surface area (TPSA) is 43.4 Å². The van der Waals surface area contributed by atoms with Gasteiger partial charge in [0, 0.05) is 18.4 Å². The summed E-state index contributed by atoms with van der Waals surface area (Å²) in [4.78, 5) is 23.5. The first-order chi connectivity index (χ1) is 9.08. The molecular weight excluding hydrogens is 247 g/mol. The Labute approximate surface area is 112 Å². The number of ether oxygens (including phenoxy) is 1. The lowest BCUT2D eigenvalue weighted by Gasteiger charge is -2.17. The van der Waals surface area contributed by atoms with Crippen LogP contribution in [0.15, 0.2) is 24.3 Å². The van der Waals surface area contributed by atoms with Gasteiger partial charge in [-0.2, -0.15) is 0 Å². The van der Waals surface area contributed by atoms with Gasteiger partial charge in [-0.25, -0.2) is 4.39 Å². The van der Waals surface area contributed by atoms with Gasteiger partial charge in [-0.1, -0.05) is 26.0 Å². The van der Waals surface area contributed by atoms with Gasteiger partial charge in [-0.15, -0.1) is 0 Å². The van der Waals surface area contributed by atoms with Crippen molar-refractivity contribution in [1.82, 2.24) is 0 Å². The minimum atomic E-state index is -0.991. The number of hydrogen-bond donors (Lipinski definition) is 0. The van der Waals surface area contributed by atoms with Gasteiger partial charge in [0.25, 0.3) is 0 Å². The van der Waals surface area contributed by atoms with Crippen molar-refractivity contribution < 1.29 is 18.7 Å². The lowest BCUT2D eigenvalue weighted by Crippen LogP contribution is -2.19. The molecule has 0 heterocycles. The number of halogens is 1. The Morgan fingerprint density at radius 2 is 1.89 bits per heavy atom. The molecule has 0 saturated heterocycles. The lowest BCUT2D eigenvalue weighted by atomic mass is 10.0. The summed E-state index contributed by atoms with van der Waals surface area (Å²) in [6.45, 7) is 3.72. The van der Waals surface area contributed by atoms with Crippen molar-refractivity contribution in [1.29, 1.82) is 0 Å². The van der Waals surface area contributed by atoms with E-state index in [0.717, 1.165) is 0 Å². The van der Waals surface area contributed by atoms with Crippen LogP contribution in [0, 0.1) is 5.82 Å². The van der Waals surface area contributed by atoms with Crippen LogP contribution in [0.2, 0.25) is 0 Å². The summed E-state index contributed by atoms with van der Waals surface area (Å²) < 4.78 is 18.4. The number of ketones is 1. The molecule has 0 amide bonds. The smallest absolute Gasteiger partial charge is 0.306 e. The molecule has 1 aromatic carbocycles. The molecule has 4 heteroatoms. The number of carbonyl (C=O) groups excluding carboxylic acids is 2. The van der Waals surface area contributed by atoms with E-state index in [1.807, 2.05) is 13.8 Å². The van der Waals surface area contributed by atoms with E-state index in [2.05, 4.69) is 0 Å². The summed E-state index contributed by atoms with van der Waals surface area (Å²) in [5.74, 6) is -1.07. The van der Waals surface area contributed by atoms with Crippen LogP contribution in [0.5, 0.6) is 0 Å². The van der Waals surface area contributed by atoms with Gasteiger partial charge in [0.15, 0.2) is 11.9 Å². The zero-order valence-electron chi connectivity index (χ0n) is 11.3. The number of carbonyl (C=O) groups is 2. The van der Waals surface area contributed by atoms with Crippen LogP contribution < -0.4 is 0 Å². The van der Waals surface area contributed by atoms with E-state index in [-0.39, 0.29) is 12.2 Å². The number of esters is 1. The minimum absolute atomic E-state index is 0.197. The highest BCUT2D eigenvalue weighted by atomic mass is 19.1. The number of rotatable bonds is 7. The Morgan fingerprint density at radius 1 is 1.21 bits per heavy atom. The number of benzene rings is 1. The lowest BCUT2D eigenvalue weighted by molar-refractivity contribution is -0.155. The summed E-state index contributed by atoms with van der Waals surface area (Å²) in [7, 11) is 0. The van der Waals surface area contributed by atoms with Crippen LogP contribution in [0.4, 0.5) is 4.39 Å². The van der Waals surface area contributed by atoms with Gasteiger partial charge in [0.1, 0.15) is 5.82 Å². The third kappa shape index (κ3) is 4.81. The summed E-state index contributed by atoms with van der Waals surface area (Å²) in [6.07, 6.45) is 0.882. The third-order valence-electron chi connectivity index (χ3n) is 2.64. The van der Waals surface area contributed by atoms with E-state index in [0.29, 0.717) is 24.8 Å². The Kier molecular flexibility index (Phi) is 6.19. The molecular formula is C15H19FO3. The minimum Gasteiger partial charge on any atom is -0.449 e. The molecule has 1 rings (SSSR count). The molecule has 1 aromatic rings. The van der Waals surface area contributed by atoms with Crippen molar-refractivity contribution in [2.45, 2.75) is 45.6 Å². The molecule has 3 nitrogen and oxygen atoms in total. The van der Waals surface area contributed by atoms with Gasteiger partial charge in [-0.05, 0) is 25.0 Å². The van der Waals surface area contributed by atoms with Crippen molar-refractivity contribution in [3.63, 3.8) is 0 Å². The quantitative estimate of drug-likeness (QED) is 0.708. The van der Waals surface area contributed by atoms with Gasteiger partial charge in [0.2, 0.25) is 0 Å². The highest BCUT2D eigenvalue weighted by Crippen LogP contribution is 2.22. The number of hydrogen-bond acceptors (Lipinski definition) is 3. The molecule has 0 aromatic heterocycles. The zero-order chi connectivity index (χ0) is 14.3. The predicted octanol–water partition coefficient (Wildman–Crippen LogP) is 3.58. The normalized spacial score (nSPS) is 11.9. The van der Waals surface area contributed by atoms with Crippen molar-refractivity contribution >= 4 is 11.8 Å². The monoisotopic (exact) mass is 266 g/mol. The fraction of sp³-hybridized carbons (Fsp3) is 0.467. The van der Waals surface area contributed by atoms with E-state index in [4.69, 9.17) is 4.74 Å². The first-order valence-corrected chi connectivity index (χ1v) is 6.56. The van der Waals surface area contributed by atoms with Gasteiger partial charge in [0.05, 0.1) is 0 Å². The van der Waals surface area contributed by atoms with E-state index in [1.54, 1.807) is 6.07 Å². The first kappa shape index (κ1) is 15.3. The molecule has 0 N–H and O–H groups in total.